The molecule has 0 spiro atoms. The number of carbonyl (C=O) groups excluding carboxylic acids is 1. The van der Waals surface area contributed by atoms with Gasteiger partial charge in [-0.1, -0.05) is 13.8 Å². The Hall–Kier alpha value is -1.32. The summed E-state index contributed by atoms with van der Waals surface area (Å²) in [6.07, 6.45) is 3.68. The highest BCUT2D eigenvalue weighted by Crippen LogP contribution is 2.39. The minimum absolute atomic E-state index is 0.0940. The molecule has 2 heterocycles. The number of nitrogens with zero attached hydrogens (tertiary/aromatic N) is 2. The van der Waals surface area contributed by atoms with Crippen LogP contribution in [0.15, 0.2) is 6.07 Å². The van der Waals surface area contributed by atoms with Crippen molar-refractivity contribution in [2.24, 2.45) is 11.8 Å². The van der Waals surface area contributed by atoms with Crippen molar-refractivity contribution in [3.05, 3.63) is 17.5 Å². The molecule has 18 heavy (non-hydrogen) atoms. The molecule has 4 nitrogen and oxygen atoms in total. The molecule has 2 fully saturated rings. The molecule has 1 N–H and O–H groups in total. The number of hydrogen-bond donors (Lipinski definition) is 1. The maximum Gasteiger partial charge on any atom is 0.274 e. The number of aromatic nitrogens is 2. The fourth-order valence-corrected chi connectivity index (χ4v) is 3.04. The van der Waals surface area contributed by atoms with Crippen LogP contribution in [0, 0.1) is 11.8 Å². The van der Waals surface area contributed by atoms with E-state index in [0.717, 1.165) is 18.8 Å². The molecule has 1 amide bonds. The second-order valence-corrected chi connectivity index (χ2v) is 6.14. The summed E-state index contributed by atoms with van der Waals surface area (Å²) in [6, 6.07) is 1.95. The lowest BCUT2D eigenvalue weighted by molar-refractivity contribution is 0.0617. The Morgan fingerprint density at radius 2 is 2.00 bits per heavy atom. The molecule has 1 saturated carbocycles. The molecule has 1 aliphatic carbocycles. The number of aromatic amines is 1. The van der Waals surface area contributed by atoms with Crippen molar-refractivity contribution in [2.45, 2.75) is 39.0 Å². The highest BCUT2D eigenvalue weighted by atomic mass is 16.2. The molecule has 1 aliphatic heterocycles. The fraction of sp³-hybridized carbons (Fsp3) is 0.714. The average Bonchev–Trinajstić information content (AvgIpc) is 3.05. The van der Waals surface area contributed by atoms with Gasteiger partial charge in [-0.25, -0.2) is 0 Å². The van der Waals surface area contributed by atoms with Crippen molar-refractivity contribution < 1.29 is 4.79 Å². The lowest BCUT2D eigenvalue weighted by Crippen LogP contribution is -2.42. The number of nitrogens with one attached hydrogen (secondary N) is 1. The van der Waals surface area contributed by atoms with Gasteiger partial charge in [-0.05, 0) is 37.2 Å². The summed E-state index contributed by atoms with van der Waals surface area (Å²) < 4.78 is 0. The number of rotatable bonds is 2. The molecule has 0 aromatic carbocycles. The first-order chi connectivity index (χ1) is 8.63. The standard InChI is InChI=1S/C14H21N3O/c1-9-5-10(2)8-17(7-9)14(18)13-6-12(15-16-13)11-3-4-11/h6,9-11H,3-5,7-8H2,1-2H3,(H,15,16). The summed E-state index contributed by atoms with van der Waals surface area (Å²) in [5, 5.41) is 7.20. The van der Waals surface area contributed by atoms with Crippen molar-refractivity contribution in [3.63, 3.8) is 0 Å². The monoisotopic (exact) mass is 247 g/mol. The summed E-state index contributed by atoms with van der Waals surface area (Å²) >= 11 is 0. The summed E-state index contributed by atoms with van der Waals surface area (Å²) in [4.78, 5) is 14.4. The van der Waals surface area contributed by atoms with Crippen LogP contribution >= 0.6 is 0 Å². The second-order valence-electron chi connectivity index (χ2n) is 6.14. The van der Waals surface area contributed by atoms with Crippen LogP contribution in [0.5, 0.6) is 0 Å². The minimum Gasteiger partial charge on any atom is -0.337 e. The topological polar surface area (TPSA) is 49.0 Å². The number of H-pyrrole nitrogens is 1. The predicted octanol–water partition coefficient (Wildman–Crippen LogP) is 2.41. The maximum absolute atomic E-state index is 12.4. The van der Waals surface area contributed by atoms with Crippen LogP contribution in [0.1, 0.15) is 55.2 Å². The summed E-state index contributed by atoms with van der Waals surface area (Å²) in [5.74, 6) is 1.91. The van der Waals surface area contributed by atoms with E-state index in [2.05, 4.69) is 24.0 Å². The van der Waals surface area contributed by atoms with Crippen molar-refractivity contribution >= 4 is 5.91 Å². The summed E-state index contributed by atoms with van der Waals surface area (Å²) in [7, 11) is 0. The number of likely N-dealkylation sites (tertiary alicyclic amines) is 1. The quantitative estimate of drug-likeness (QED) is 0.872. The van der Waals surface area contributed by atoms with E-state index >= 15 is 0 Å². The van der Waals surface area contributed by atoms with Gasteiger partial charge in [-0.15, -0.1) is 0 Å². The van der Waals surface area contributed by atoms with Crippen LogP contribution in [-0.2, 0) is 0 Å². The van der Waals surface area contributed by atoms with E-state index in [0.29, 0.717) is 23.4 Å². The van der Waals surface area contributed by atoms with E-state index in [1.54, 1.807) is 0 Å². The van der Waals surface area contributed by atoms with Gasteiger partial charge >= 0.3 is 0 Å². The molecule has 1 saturated heterocycles. The molecule has 0 bridgehead atoms. The zero-order valence-electron chi connectivity index (χ0n) is 11.1. The van der Waals surface area contributed by atoms with E-state index in [-0.39, 0.29) is 5.91 Å². The molecule has 0 radical (unpaired) electrons. The predicted molar refractivity (Wildman–Crippen MR) is 69.4 cm³/mol. The third kappa shape index (κ3) is 2.28. The lowest BCUT2D eigenvalue weighted by Gasteiger charge is -2.34. The largest absolute Gasteiger partial charge is 0.337 e. The molecule has 1 aromatic rings. The van der Waals surface area contributed by atoms with Crippen LogP contribution in [0.2, 0.25) is 0 Å². The molecule has 2 atom stereocenters. The van der Waals surface area contributed by atoms with Gasteiger partial charge in [0.25, 0.3) is 5.91 Å². The van der Waals surface area contributed by atoms with E-state index in [1.807, 2.05) is 11.0 Å². The zero-order valence-corrected chi connectivity index (χ0v) is 11.1. The van der Waals surface area contributed by atoms with Gasteiger partial charge in [0.15, 0.2) is 0 Å². The smallest absolute Gasteiger partial charge is 0.274 e. The van der Waals surface area contributed by atoms with Gasteiger partial charge in [0.1, 0.15) is 5.69 Å². The highest BCUT2D eigenvalue weighted by Gasteiger charge is 2.30. The Kier molecular flexibility index (Phi) is 2.88. The van der Waals surface area contributed by atoms with Crippen molar-refractivity contribution in [1.29, 1.82) is 0 Å². The van der Waals surface area contributed by atoms with Gasteiger partial charge < -0.3 is 4.90 Å². The Balaban J connectivity index is 1.72. The van der Waals surface area contributed by atoms with Gasteiger partial charge in [-0.2, -0.15) is 5.10 Å². The second kappa shape index (κ2) is 4.41. The van der Waals surface area contributed by atoms with Crippen molar-refractivity contribution in [3.8, 4) is 0 Å². The Bertz CT molecular complexity index is 440. The first kappa shape index (κ1) is 11.8. The van der Waals surface area contributed by atoms with Gasteiger partial charge in [0, 0.05) is 24.7 Å². The van der Waals surface area contributed by atoms with Crippen LogP contribution in [0.3, 0.4) is 0 Å². The van der Waals surface area contributed by atoms with E-state index in [1.165, 1.54) is 19.3 Å². The minimum atomic E-state index is 0.0940. The van der Waals surface area contributed by atoms with Gasteiger partial charge in [0.2, 0.25) is 0 Å². The normalized spacial score (nSPS) is 28.4. The third-order valence-corrected chi connectivity index (χ3v) is 3.99. The molecule has 98 valence electrons. The molecule has 4 heteroatoms. The molecular weight excluding hydrogens is 226 g/mol. The van der Waals surface area contributed by atoms with Crippen LogP contribution in [0.25, 0.3) is 0 Å². The Morgan fingerprint density at radius 3 is 2.61 bits per heavy atom. The number of amides is 1. The molecule has 3 rings (SSSR count). The first-order valence-electron chi connectivity index (χ1n) is 6.98. The molecular formula is C14H21N3O. The van der Waals surface area contributed by atoms with E-state index in [9.17, 15) is 4.79 Å². The average molecular weight is 247 g/mol. The summed E-state index contributed by atoms with van der Waals surface area (Å²) in [6.45, 7) is 6.18. The number of piperidine rings is 1. The first-order valence-corrected chi connectivity index (χ1v) is 6.98. The number of carbonyl (C=O) groups is 1. The third-order valence-electron chi connectivity index (χ3n) is 3.99. The zero-order chi connectivity index (χ0) is 12.7. The highest BCUT2D eigenvalue weighted by molar-refractivity contribution is 5.92. The molecule has 2 aliphatic rings. The molecule has 1 aromatic heterocycles. The number of hydrogen-bond acceptors (Lipinski definition) is 2. The van der Waals surface area contributed by atoms with Gasteiger partial charge in [0.05, 0.1) is 0 Å². The van der Waals surface area contributed by atoms with Gasteiger partial charge in [-0.3, -0.25) is 9.89 Å². The van der Waals surface area contributed by atoms with E-state index < -0.39 is 0 Å². The van der Waals surface area contributed by atoms with Crippen molar-refractivity contribution in [2.75, 3.05) is 13.1 Å². The Labute approximate surface area is 108 Å². The Morgan fingerprint density at radius 1 is 1.33 bits per heavy atom. The van der Waals surface area contributed by atoms with Crippen LogP contribution in [-0.4, -0.2) is 34.1 Å². The van der Waals surface area contributed by atoms with Crippen LogP contribution in [0.4, 0.5) is 0 Å². The van der Waals surface area contributed by atoms with E-state index in [4.69, 9.17) is 0 Å². The molecule has 2 unspecified atom stereocenters. The SMILES string of the molecule is CC1CC(C)CN(C(=O)c2cc(C3CC3)[nH]n2)C1. The summed E-state index contributed by atoms with van der Waals surface area (Å²) in [5.41, 5.74) is 1.73. The lowest BCUT2D eigenvalue weighted by atomic mass is 9.92. The fourth-order valence-electron chi connectivity index (χ4n) is 3.04. The maximum atomic E-state index is 12.4. The van der Waals surface area contributed by atoms with Crippen molar-refractivity contribution in [1.82, 2.24) is 15.1 Å². The van der Waals surface area contributed by atoms with Crippen LogP contribution < -0.4 is 0 Å².